The highest BCUT2D eigenvalue weighted by Crippen LogP contribution is 2.33. The van der Waals surface area contributed by atoms with Crippen molar-refractivity contribution >= 4 is 17.7 Å². The molecule has 0 radical (unpaired) electrons. The molecule has 124 valence electrons. The van der Waals surface area contributed by atoms with Crippen LogP contribution in [-0.2, 0) is 10.5 Å². The Morgan fingerprint density at radius 3 is 2.87 bits per heavy atom. The molecule has 0 aliphatic heterocycles. The molecule has 0 amide bonds. The minimum Gasteiger partial charge on any atom is -0.463 e. The average molecular weight is 335 g/mol. The number of nitrogens with zero attached hydrogens (tertiary/aromatic N) is 3. The monoisotopic (exact) mass is 335 g/mol. The SMILES string of the molecule is COC(=O)c1ccc(CSc2nnc(C)n2C2CCCCC2)o1. The van der Waals surface area contributed by atoms with Gasteiger partial charge in [-0.25, -0.2) is 4.79 Å². The fourth-order valence-electron chi connectivity index (χ4n) is 3.01. The van der Waals surface area contributed by atoms with Crippen LogP contribution in [0, 0.1) is 6.92 Å². The van der Waals surface area contributed by atoms with E-state index in [1.807, 2.05) is 6.92 Å². The van der Waals surface area contributed by atoms with Crippen LogP contribution in [0.15, 0.2) is 21.7 Å². The van der Waals surface area contributed by atoms with Gasteiger partial charge in [-0.3, -0.25) is 0 Å². The lowest BCUT2D eigenvalue weighted by molar-refractivity contribution is 0.0563. The molecule has 0 aromatic carbocycles. The van der Waals surface area contributed by atoms with Gasteiger partial charge < -0.3 is 13.7 Å². The molecular weight excluding hydrogens is 314 g/mol. The third-order valence-electron chi connectivity index (χ3n) is 4.17. The zero-order chi connectivity index (χ0) is 16.2. The van der Waals surface area contributed by atoms with E-state index in [0.29, 0.717) is 11.8 Å². The molecule has 0 bridgehead atoms. The number of esters is 1. The van der Waals surface area contributed by atoms with Crippen LogP contribution in [0.5, 0.6) is 0 Å². The fourth-order valence-corrected chi connectivity index (χ4v) is 3.95. The summed E-state index contributed by atoms with van der Waals surface area (Å²) in [5.41, 5.74) is 0. The Hall–Kier alpha value is -1.76. The number of methoxy groups -OCH3 is 1. The van der Waals surface area contributed by atoms with Crippen molar-refractivity contribution in [3.05, 3.63) is 29.5 Å². The first kappa shape index (κ1) is 16.1. The standard InChI is InChI=1S/C16H21N3O3S/c1-11-17-18-16(19(11)12-6-4-3-5-7-12)23-10-13-8-9-14(22-13)15(20)21-2/h8-9,12H,3-7,10H2,1-2H3. The van der Waals surface area contributed by atoms with Crippen LogP contribution >= 0.6 is 11.8 Å². The number of hydrogen-bond acceptors (Lipinski definition) is 6. The van der Waals surface area contributed by atoms with E-state index in [4.69, 9.17) is 4.42 Å². The second kappa shape index (κ2) is 7.21. The largest absolute Gasteiger partial charge is 0.463 e. The number of carbonyl (C=O) groups is 1. The maximum absolute atomic E-state index is 11.4. The summed E-state index contributed by atoms with van der Waals surface area (Å²) in [5.74, 6) is 2.08. The first-order chi connectivity index (χ1) is 11.2. The molecule has 0 unspecified atom stereocenters. The van der Waals surface area contributed by atoms with Gasteiger partial charge in [-0.05, 0) is 31.9 Å². The average Bonchev–Trinajstić information content (AvgIpc) is 3.19. The Kier molecular flexibility index (Phi) is 5.05. The minimum absolute atomic E-state index is 0.230. The summed E-state index contributed by atoms with van der Waals surface area (Å²) in [4.78, 5) is 11.4. The zero-order valence-electron chi connectivity index (χ0n) is 13.4. The van der Waals surface area contributed by atoms with E-state index in [0.717, 1.165) is 16.7 Å². The summed E-state index contributed by atoms with van der Waals surface area (Å²) in [5, 5.41) is 9.47. The Labute approximate surface area is 139 Å². The molecule has 0 atom stereocenters. The number of hydrogen-bond donors (Lipinski definition) is 0. The Morgan fingerprint density at radius 1 is 1.35 bits per heavy atom. The summed E-state index contributed by atoms with van der Waals surface area (Å²) < 4.78 is 12.4. The maximum Gasteiger partial charge on any atom is 0.373 e. The Morgan fingerprint density at radius 2 is 2.13 bits per heavy atom. The number of furan rings is 1. The van der Waals surface area contributed by atoms with Gasteiger partial charge in [0.15, 0.2) is 5.16 Å². The van der Waals surface area contributed by atoms with Crippen LogP contribution in [0.3, 0.4) is 0 Å². The zero-order valence-corrected chi connectivity index (χ0v) is 14.3. The third-order valence-corrected chi connectivity index (χ3v) is 5.13. The maximum atomic E-state index is 11.4. The van der Waals surface area contributed by atoms with E-state index in [1.54, 1.807) is 23.9 Å². The molecule has 2 aromatic heterocycles. The number of carbonyl (C=O) groups excluding carboxylic acids is 1. The molecule has 1 saturated carbocycles. The second-order valence-electron chi connectivity index (χ2n) is 5.74. The van der Waals surface area contributed by atoms with Crippen molar-refractivity contribution in [3.63, 3.8) is 0 Å². The highest BCUT2D eigenvalue weighted by molar-refractivity contribution is 7.98. The van der Waals surface area contributed by atoms with Gasteiger partial charge in [0.25, 0.3) is 0 Å². The van der Waals surface area contributed by atoms with Crippen LogP contribution < -0.4 is 0 Å². The van der Waals surface area contributed by atoms with Crippen molar-refractivity contribution in [1.82, 2.24) is 14.8 Å². The molecule has 0 spiro atoms. The van der Waals surface area contributed by atoms with Crippen LogP contribution in [0.4, 0.5) is 0 Å². The number of aromatic nitrogens is 3. The Bertz CT molecular complexity index is 674. The van der Waals surface area contributed by atoms with Crippen molar-refractivity contribution in [3.8, 4) is 0 Å². The molecule has 7 heteroatoms. The van der Waals surface area contributed by atoms with Crippen LogP contribution in [0.1, 0.15) is 60.3 Å². The molecule has 23 heavy (non-hydrogen) atoms. The van der Waals surface area contributed by atoms with Crippen molar-refractivity contribution in [2.24, 2.45) is 0 Å². The van der Waals surface area contributed by atoms with Crippen LogP contribution in [0.25, 0.3) is 0 Å². The van der Waals surface area contributed by atoms with Crippen molar-refractivity contribution in [2.45, 2.75) is 56.0 Å². The fraction of sp³-hybridized carbons (Fsp3) is 0.562. The predicted octanol–water partition coefficient (Wildman–Crippen LogP) is 3.76. The molecule has 3 rings (SSSR count). The first-order valence-corrected chi connectivity index (χ1v) is 8.89. The van der Waals surface area contributed by atoms with Crippen molar-refractivity contribution < 1.29 is 13.9 Å². The number of ether oxygens (including phenoxy) is 1. The first-order valence-electron chi connectivity index (χ1n) is 7.90. The van der Waals surface area contributed by atoms with Crippen LogP contribution in [0.2, 0.25) is 0 Å². The van der Waals surface area contributed by atoms with E-state index in [1.165, 1.54) is 39.2 Å². The number of aryl methyl sites for hydroxylation is 1. The molecule has 2 aromatic rings. The normalized spacial score (nSPS) is 15.7. The van der Waals surface area contributed by atoms with Gasteiger partial charge in [0.2, 0.25) is 5.76 Å². The molecule has 0 saturated heterocycles. The third kappa shape index (κ3) is 3.60. The lowest BCUT2D eigenvalue weighted by atomic mass is 9.95. The van der Waals surface area contributed by atoms with E-state index in [-0.39, 0.29) is 5.76 Å². The summed E-state index contributed by atoms with van der Waals surface area (Å²) in [6.07, 6.45) is 6.25. The number of thioether (sulfide) groups is 1. The van der Waals surface area contributed by atoms with E-state index < -0.39 is 5.97 Å². The molecule has 6 nitrogen and oxygen atoms in total. The van der Waals surface area contributed by atoms with Gasteiger partial charge in [-0.2, -0.15) is 0 Å². The van der Waals surface area contributed by atoms with E-state index >= 15 is 0 Å². The van der Waals surface area contributed by atoms with Gasteiger partial charge in [-0.1, -0.05) is 31.0 Å². The number of rotatable bonds is 5. The summed E-state index contributed by atoms with van der Waals surface area (Å²) >= 11 is 1.59. The highest BCUT2D eigenvalue weighted by atomic mass is 32.2. The van der Waals surface area contributed by atoms with E-state index in [2.05, 4.69) is 19.5 Å². The van der Waals surface area contributed by atoms with Gasteiger partial charge in [0.05, 0.1) is 12.9 Å². The smallest absolute Gasteiger partial charge is 0.373 e. The van der Waals surface area contributed by atoms with Crippen molar-refractivity contribution in [1.29, 1.82) is 0 Å². The van der Waals surface area contributed by atoms with Gasteiger partial charge in [0, 0.05) is 6.04 Å². The quantitative estimate of drug-likeness (QED) is 0.612. The van der Waals surface area contributed by atoms with E-state index in [9.17, 15) is 4.79 Å². The lowest BCUT2D eigenvalue weighted by Crippen LogP contribution is -2.15. The molecule has 1 aliphatic rings. The lowest BCUT2D eigenvalue weighted by Gasteiger charge is -2.24. The molecule has 1 fully saturated rings. The van der Waals surface area contributed by atoms with Gasteiger partial charge in [0.1, 0.15) is 11.6 Å². The summed E-state index contributed by atoms with van der Waals surface area (Å²) in [6.45, 7) is 2.01. The van der Waals surface area contributed by atoms with Gasteiger partial charge >= 0.3 is 5.97 Å². The second-order valence-corrected chi connectivity index (χ2v) is 6.68. The summed E-state index contributed by atoms with van der Waals surface area (Å²) in [7, 11) is 1.34. The summed E-state index contributed by atoms with van der Waals surface area (Å²) in [6, 6.07) is 3.94. The molecule has 0 N–H and O–H groups in total. The minimum atomic E-state index is -0.456. The van der Waals surface area contributed by atoms with Crippen molar-refractivity contribution in [2.75, 3.05) is 7.11 Å². The van der Waals surface area contributed by atoms with Crippen LogP contribution in [-0.4, -0.2) is 27.8 Å². The molecular formula is C16H21N3O3S. The molecule has 1 aliphatic carbocycles. The molecule has 2 heterocycles. The Balaban J connectivity index is 1.68. The highest BCUT2D eigenvalue weighted by Gasteiger charge is 2.21. The predicted molar refractivity (Wildman–Crippen MR) is 86.5 cm³/mol. The van der Waals surface area contributed by atoms with Gasteiger partial charge in [-0.15, -0.1) is 10.2 Å². The topological polar surface area (TPSA) is 70.2 Å².